The molecule has 1 aliphatic rings. The Labute approximate surface area is 141 Å². The van der Waals surface area contributed by atoms with Crippen molar-refractivity contribution >= 4 is 34.2 Å². The Balaban J connectivity index is 0.00000220. The summed E-state index contributed by atoms with van der Waals surface area (Å²) in [6.07, 6.45) is 3.93. The first-order chi connectivity index (χ1) is 9.60. The average Bonchev–Trinajstić information content (AvgIpc) is 2.81. The summed E-state index contributed by atoms with van der Waals surface area (Å²) in [5.74, 6) is 0.605. The molecule has 0 aliphatic heterocycles. The fourth-order valence-corrected chi connectivity index (χ4v) is 3.35. The molecule has 1 saturated carbocycles. The number of halogens is 2. The quantitative estimate of drug-likeness (QED) is 0.852. The van der Waals surface area contributed by atoms with Crippen LogP contribution < -0.4 is 5.73 Å². The number of amides is 1. The summed E-state index contributed by atoms with van der Waals surface area (Å²) < 4.78 is 1.05. The molecule has 5 heteroatoms. The molecule has 2 N–H and O–H groups in total. The monoisotopic (exact) mass is 374 g/mol. The van der Waals surface area contributed by atoms with E-state index in [1.165, 1.54) is 0 Å². The zero-order valence-corrected chi connectivity index (χ0v) is 14.8. The topological polar surface area (TPSA) is 46.3 Å². The van der Waals surface area contributed by atoms with Gasteiger partial charge >= 0.3 is 0 Å². The van der Waals surface area contributed by atoms with Crippen molar-refractivity contribution in [1.29, 1.82) is 0 Å². The number of carbonyl (C=O) groups is 1. The number of nitrogens with zero attached hydrogens (tertiary/aromatic N) is 1. The second kappa shape index (κ2) is 8.76. The van der Waals surface area contributed by atoms with E-state index >= 15 is 0 Å². The molecule has 21 heavy (non-hydrogen) atoms. The molecule has 0 heterocycles. The highest BCUT2D eigenvalue weighted by atomic mass is 79.9. The highest BCUT2D eigenvalue weighted by Crippen LogP contribution is 2.27. The summed E-state index contributed by atoms with van der Waals surface area (Å²) in [6.45, 7) is 3.45. The Morgan fingerprint density at radius 3 is 2.76 bits per heavy atom. The third-order valence-electron chi connectivity index (χ3n) is 4.15. The molecular weight excluding hydrogens is 352 g/mol. The van der Waals surface area contributed by atoms with Crippen LogP contribution in [-0.4, -0.2) is 23.4 Å². The number of rotatable bonds is 5. The number of hydrogen-bond donors (Lipinski definition) is 1. The molecule has 2 atom stereocenters. The normalized spacial score (nSPS) is 20.9. The van der Waals surface area contributed by atoms with E-state index in [0.29, 0.717) is 18.9 Å². The minimum absolute atomic E-state index is 0. The number of benzene rings is 1. The van der Waals surface area contributed by atoms with Crippen molar-refractivity contribution in [3.8, 4) is 0 Å². The van der Waals surface area contributed by atoms with Crippen LogP contribution in [-0.2, 0) is 11.3 Å². The Bertz CT molecular complexity index is 469. The number of carbonyl (C=O) groups excluding carboxylic acids is 1. The zero-order valence-electron chi connectivity index (χ0n) is 12.4. The van der Waals surface area contributed by atoms with Crippen LogP contribution in [0.2, 0.25) is 0 Å². The van der Waals surface area contributed by atoms with E-state index < -0.39 is 0 Å². The van der Waals surface area contributed by atoms with Crippen molar-refractivity contribution in [2.75, 3.05) is 6.54 Å². The Morgan fingerprint density at radius 1 is 1.43 bits per heavy atom. The molecule has 0 spiro atoms. The van der Waals surface area contributed by atoms with Crippen LogP contribution >= 0.6 is 28.3 Å². The van der Waals surface area contributed by atoms with Crippen molar-refractivity contribution in [2.24, 2.45) is 11.7 Å². The van der Waals surface area contributed by atoms with Crippen LogP contribution in [0.15, 0.2) is 28.7 Å². The first-order valence-corrected chi connectivity index (χ1v) is 8.17. The van der Waals surface area contributed by atoms with Gasteiger partial charge in [-0.05, 0) is 43.4 Å². The van der Waals surface area contributed by atoms with E-state index in [1.54, 1.807) is 0 Å². The Kier molecular flexibility index (Phi) is 7.71. The van der Waals surface area contributed by atoms with Gasteiger partial charge in [0.1, 0.15) is 0 Å². The third-order valence-corrected chi connectivity index (χ3v) is 4.64. The van der Waals surface area contributed by atoms with E-state index in [0.717, 1.165) is 35.8 Å². The van der Waals surface area contributed by atoms with Crippen LogP contribution in [0.5, 0.6) is 0 Å². The highest BCUT2D eigenvalue weighted by Gasteiger charge is 2.27. The lowest BCUT2D eigenvalue weighted by Crippen LogP contribution is -2.34. The molecule has 3 nitrogen and oxygen atoms in total. The zero-order chi connectivity index (χ0) is 14.5. The van der Waals surface area contributed by atoms with E-state index in [2.05, 4.69) is 28.1 Å². The van der Waals surface area contributed by atoms with Crippen LogP contribution in [0.1, 0.15) is 38.2 Å². The van der Waals surface area contributed by atoms with Gasteiger partial charge in [0.15, 0.2) is 0 Å². The highest BCUT2D eigenvalue weighted by molar-refractivity contribution is 9.10. The van der Waals surface area contributed by atoms with Gasteiger partial charge in [-0.2, -0.15) is 0 Å². The molecular formula is C16H24BrClN2O. The standard InChI is InChI=1S/C16H23BrN2O.ClH/c1-2-19(11-12-5-3-7-14(17)9-12)16(20)10-13-6-4-8-15(13)18;/h3,5,7,9,13,15H,2,4,6,8,10-11,18H2,1H3;1H/t13-,15+;/m0./s1. The number of nitrogens with two attached hydrogens (primary N) is 1. The summed E-state index contributed by atoms with van der Waals surface area (Å²) >= 11 is 3.47. The molecule has 0 radical (unpaired) electrons. The maximum absolute atomic E-state index is 12.4. The molecule has 0 bridgehead atoms. The fraction of sp³-hybridized carbons (Fsp3) is 0.562. The van der Waals surface area contributed by atoms with Crippen LogP contribution in [0.25, 0.3) is 0 Å². The predicted molar refractivity (Wildman–Crippen MR) is 92.4 cm³/mol. The smallest absolute Gasteiger partial charge is 0.223 e. The van der Waals surface area contributed by atoms with E-state index in [9.17, 15) is 4.79 Å². The van der Waals surface area contributed by atoms with Gasteiger partial charge in [0.25, 0.3) is 0 Å². The summed E-state index contributed by atoms with van der Waals surface area (Å²) in [5.41, 5.74) is 7.22. The van der Waals surface area contributed by atoms with Crippen molar-refractivity contribution in [3.63, 3.8) is 0 Å². The summed E-state index contributed by atoms with van der Waals surface area (Å²) in [5, 5.41) is 0. The van der Waals surface area contributed by atoms with Gasteiger partial charge in [-0.15, -0.1) is 12.4 Å². The maximum atomic E-state index is 12.4. The number of hydrogen-bond acceptors (Lipinski definition) is 2. The molecule has 1 aromatic carbocycles. The molecule has 118 valence electrons. The van der Waals surface area contributed by atoms with Crippen LogP contribution in [0.4, 0.5) is 0 Å². The second-order valence-electron chi connectivity index (χ2n) is 5.60. The van der Waals surface area contributed by atoms with Gasteiger partial charge < -0.3 is 10.6 Å². The summed E-state index contributed by atoms with van der Waals surface area (Å²) in [4.78, 5) is 14.3. The van der Waals surface area contributed by atoms with E-state index in [1.807, 2.05) is 24.0 Å². The Hall–Kier alpha value is -0.580. The molecule has 0 aromatic heterocycles. The minimum Gasteiger partial charge on any atom is -0.339 e. The Morgan fingerprint density at radius 2 is 2.19 bits per heavy atom. The van der Waals surface area contributed by atoms with Gasteiger partial charge in [-0.1, -0.05) is 34.5 Å². The van der Waals surface area contributed by atoms with Crippen molar-refractivity contribution in [3.05, 3.63) is 34.3 Å². The molecule has 1 aromatic rings. The fourth-order valence-electron chi connectivity index (χ4n) is 2.90. The minimum atomic E-state index is 0. The molecule has 0 saturated heterocycles. The van der Waals surface area contributed by atoms with Gasteiger partial charge in [0, 0.05) is 30.0 Å². The molecule has 2 rings (SSSR count). The van der Waals surface area contributed by atoms with Gasteiger partial charge in [0.2, 0.25) is 5.91 Å². The SMILES string of the molecule is CCN(Cc1cccc(Br)c1)C(=O)C[C@@H]1CCC[C@H]1N.Cl. The average molecular weight is 376 g/mol. The van der Waals surface area contributed by atoms with Gasteiger partial charge in [-0.3, -0.25) is 4.79 Å². The first kappa shape index (κ1) is 18.5. The van der Waals surface area contributed by atoms with Gasteiger partial charge in [0.05, 0.1) is 0 Å². The van der Waals surface area contributed by atoms with Crippen LogP contribution in [0, 0.1) is 5.92 Å². The van der Waals surface area contributed by atoms with Crippen LogP contribution in [0.3, 0.4) is 0 Å². The lowest BCUT2D eigenvalue weighted by Gasteiger charge is -2.24. The second-order valence-corrected chi connectivity index (χ2v) is 6.51. The summed E-state index contributed by atoms with van der Waals surface area (Å²) in [6, 6.07) is 8.34. The predicted octanol–water partition coefficient (Wildman–Crippen LogP) is 3.74. The lowest BCUT2D eigenvalue weighted by molar-refractivity contribution is -0.132. The van der Waals surface area contributed by atoms with Crippen molar-refractivity contribution in [1.82, 2.24) is 4.90 Å². The first-order valence-electron chi connectivity index (χ1n) is 7.38. The molecule has 0 unspecified atom stereocenters. The maximum Gasteiger partial charge on any atom is 0.223 e. The molecule has 1 amide bonds. The summed E-state index contributed by atoms with van der Waals surface area (Å²) in [7, 11) is 0. The van der Waals surface area contributed by atoms with Crippen molar-refractivity contribution < 1.29 is 4.79 Å². The third kappa shape index (κ3) is 5.28. The van der Waals surface area contributed by atoms with Gasteiger partial charge in [-0.25, -0.2) is 0 Å². The van der Waals surface area contributed by atoms with E-state index in [-0.39, 0.29) is 24.4 Å². The van der Waals surface area contributed by atoms with E-state index in [4.69, 9.17) is 5.73 Å². The lowest BCUT2D eigenvalue weighted by atomic mass is 9.99. The van der Waals surface area contributed by atoms with Crippen molar-refractivity contribution in [2.45, 2.75) is 45.2 Å². The molecule has 1 fully saturated rings. The largest absolute Gasteiger partial charge is 0.339 e. The molecule has 1 aliphatic carbocycles.